The molecule has 0 bridgehead atoms. The Balaban J connectivity index is 1.92. The first-order valence-electron chi connectivity index (χ1n) is 7.63. The largest absolute Gasteiger partial charge is 0.361 e. The predicted octanol–water partition coefficient (Wildman–Crippen LogP) is 3.46. The molecule has 1 aliphatic rings. The fraction of sp³-hybridized carbons (Fsp3) is 0.438. The number of sulfonamides is 1. The Morgan fingerprint density at radius 3 is 2.61 bits per heavy atom. The third kappa shape index (κ3) is 3.03. The zero-order valence-electron chi connectivity index (χ0n) is 13.1. The predicted molar refractivity (Wildman–Crippen MR) is 82.9 cm³/mol. The van der Waals surface area contributed by atoms with E-state index in [1.807, 2.05) is 19.9 Å². The molecule has 1 aromatic carbocycles. The Morgan fingerprint density at radius 1 is 1.30 bits per heavy atom. The highest BCUT2D eigenvalue weighted by Gasteiger charge is 2.38. The monoisotopic (exact) mass is 338 g/mol. The van der Waals surface area contributed by atoms with E-state index in [0.29, 0.717) is 18.7 Å². The SMILES string of the molecule is CC(C)c1cc(C2CCCN2S(=O)(=O)c2ccc(F)cc2)no1. The molecular weight excluding hydrogens is 319 g/mol. The maximum absolute atomic E-state index is 13.0. The molecule has 0 amide bonds. The van der Waals surface area contributed by atoms with Gasteiger partial charge in [0.05, 0.1) is 10.9 Å². The summed E-state index contributed by atoms with van der Waals surface area (Å²) >= 11 is 0. The molecule has 5 nitrogen and oxygen atoms in total. The van der Waals surface area contributed by atoms with Crippen LogP contribution in [-0.4, -0.2) is 24.4 Å². The summed E-state index contributed by atoms with van der Waals surface area (Å²) in [5, 5.41) is 4.05. The number of nitrogens with zero attached hydrogens (tertiary/aromatic N) is 2. The van der Waals surface area contributed by atoms with Crippen LogP contribution >= 0.6 is 0 Å². The van der Waals surface area contributed by atoms with Crippen LogP contribution in [0.25, 0.3) is 0 Å². The van der Waals surface area contributed by atoms with Gasteiger partial charge < -0.3 is 4.52 Å². The van der Waals surface area contributed by atoms with E-state index in [-0.39, 0.29) is 16.9 Å². The molecule has 0 N–H and O–H groups in total. The van der Waals surface area contributed by atoms with Gasteiger partial charge in [0.25, 0.3) is 0 Å². The Kier molecular flexibility index (Phi) is 4.25. The van der Waals surface area contributed by atoms with Crippen LogP contribution in [0.2, 0.25) is 0 Å². The van der Waals surface area contributed by atoms with Crippen LogP contribution in [0, 0.1) is 5.82 Å². The highest BCUT2D eigenvalue weighted by atomic mass is 32.2. The molecular formula is C16H19FN2O3S. The number of halogens is 1. The minimum atomic E-state index is -3.68. The average Bonchev–Trinajstić information content (AvgIpc) is 3.16. The lowest BCUT2D eigenvalue weighted by atomic mass is 10.1. The molecule has 124 valence electrons. The van der Waals surface area contributed by atoms with Crippen LogP contribution in [0.4, 0.5) is 4.39 Å². The summed E-state index contributed by atoms with van der Waals surface area (Å²) < 4.78 is 45.4. The molecule has 23 heavy (non-hydrogen) atoms. The molecule has 0 saturated carbocycles. The summed E-state index contributed by atoms with van der Waals surface area (Å²) in [6.45, 7) is 4.41. The zero-order chi connectivity index (χ0) is 16.6. The lowest BCUT2D eigenvalue weighted by Crippen LogP contribution is -2.30. The number of hydrogen-bond acceptors (Lipinski definition) is 4. The van der Waals surface area contributed by atoms with Crippen LogP contribution < -0.4 is 0 Å². The van der Waals surface area contributed by atoms with Gasteiger partial charge in [-0.3, -0.25) is 0 Å². The van der Waals surface area contributed by atoms with E-state index in [0.717, 1.165) is 24.3 Å². The minimum absolute atomic E-state index is 0.0957. The first-order valence-corrected chi connectivity index (χ1v) is 9.07. The van der Waals surface area contributed by atoms with Crippen molar-refractivity contribution in [2.45, 2.75) is 43.5 Å². The number of rotatable bonds is 4. The van der Waals surface area contributed by atoms with Crippen LogP contribution in [0.5, 0.6) is 0 Å². The average molecular weight is 338 g/mol. The smallest absolute Gasteiger partial charge is 0.243 e. The van der Waals surface area contributed by atoms with Gasteiger partial charge in [-0.1, -0.05) is 19.0 Å². The molecule has 3 rings (SSSR count). The topological polar surface area (TPSA) is 63.4 Å². The summed E-state index contributed by atoms with van der Waals surface area (Å²) in [5.74, 6) is 0.478. The van der Waals surface area contributed by atoms with Crippen LogP contribution in [-0.2, 0) is 10.0 Å². The number of benzene rings is 1. The third-order valence-electron chi connectivity index (χ3n) is 4.08. The first kappa shape index (κ1) is 16.1. The minimum Gasteiger partial charge on any atom is -0.361 e. The van der Waals surface area contributed by atoms with Gasteiger partial charge in [0, 0.05) is 18.5 Å². The van der Waals surface area contributed by atoms with Gasteiger partial charge in [0.1, 0.15) is 17.3 Å². The van der Waals surface area contributed by atoms with Crippen molar-refractivity contribution in [2.75, 3.05) is 6.54 Å². The second kappa shape index (κ2) is 6.05. The van der Waals surface area contributed by atoms with E-state index < -0.39 is 15.8 Å². The maximum atomic E-state index is 13.0. The molecule has 0 aliphatic carbocycles. The van der Waals surface area contributed by atoms with E-state index in [9.17, 15) is 12.8 Å². The van der Waals surface area contributed by atoms with E-state index >= 15 is 0 Å². The van der Waals surface area contributed by atoms with Gasteiger partial charge >= 0.3 is 0 Å². The summed E-state index contributed by atoms with van der Waals surface area (Å²) in [4.78, 5) is 0.0957. The van der Waals surface area contributed by atoms with Crippen molar-refractivity contribution in [3.63, 3.8) is 0 Å². The second-order valence-electron chi connectivity index (χ2n) is 6.04. The standard InChI is InChI=1S/C16H19FN2O3S/c1-11(2)16-10-14(18-22-16)15-4-3-9-19(15)23(20,21)13-7-5-12(17)6-8-13/h5-8,10-11,15H,3-4,9H2,1-2H3. The Hall–Kier alpha value is -1.73. The first-order chi connectivity index (χ1) is 10.9. The fourth-order valence-electron chi connectivity index (χ4n) is 2.80. The molecule has 1 aromatic heterocycles. The molecule has 0 spiro atoms. The maximum Gasteiger partial charge on any atom is 0.243 e. The highest BCUT2D eigenvalue weighted by Crippen LogP contribution is 2.36. The van der Waals surface area contributed by atoms with Crippen molar-refractivity contribution in [3.8, 4) is 0 Å². The third-order valence-corrected chi connectivity index (χ3v) is 6.00. The molecule has 7 heteroatoms. The van der Waals surface area contributed by atoms with Gasteiger partial charge in [0.15, 0.2) is 0 Å². The Morgan fingerprint density at radius 2 is 2.00 bits per heavy atom. The molecule has 1 saturated heterocycles. The van der Waals surface area contributed by atoms with E-state index in [4.69, 9.17) is 4.52 Å². The molecule has 1 aliphatic heterocycles. The van der Waals surface area contributed by atoms with Gasteiger partial charge in [-0.15, -0.1) is 0 Å². The normalized spacial score (nSPS) is 19.6. The lowest BCUT2D eigenvalue weighted by molar-refractivity contribution is 0.338. The van der Waals surface area contributed by atoms with Crippen LogP contribution in [0.15, 0.2) is 39.8 Å². The van der Waals surface area contributed by atoms with Crippen molar-refractivity contribution in [1.82, 2.24) is 9.46 Å². The Labute approximate surface area is 135 Å². The molecule has 1 atom stereocenters. The van der Waals surface area contributed by atoms with E-state index in [1.165, 1.54) is 16.4 Å². The van der Waals surface area contributed by atoms with Crippen molar-refractivity contribution in [3.05, 3.63) is 47.6 Å². The Bertz CT molecular complexity index is 784. The van der Waals surface area contributed by atoms with Gasteiger partial charge in [-0.25, -0.2) is 12.8 Å². The van der Waals surface area contributed by atoms with Crippen molar-refractivity contribution in [2.24, 2.45) is 0 Å². The second-order valence-corrected chi connectivity index (χ2v) is 7.93. The summed E-state index contributed by atoms with van der Waals surface area (Å²) in [7, 11) is -3.68. The summed E-state index contributed by atoms with van der Waals surface area (Å²) in [5.41, 5.74) is 0.636. The van der Waals surface area contributed by atoms with Crippen molar-refractivity contribution >= 4 is 10.0 Å². The highest BCUT2D eigenvalue weighted by molar-refractivity contribution is 7.89. The number of aromatic nitrogens is 1. The van der Waals surface area contributed by atoms with E-state index in [2.05, 4.69) is 5.16 Å². The molecule has 2 aromatic rings. The zero-order valence-corrected chi connectivity index (χ0v) is 13.9. The number of hydrogen-bond donors (Lipinski definition) is 0. The molecule has 2 heterocycles. The molecule has 1 fully saturated rings. The summed E-state index contributed by atoms with van der Waals surface area (Å²) in [6, 6.07) is 6.40. The summed E-state index contributed by atoms with van der Waals surface area (Å²) in [6.07, 6.45) is 1.46. The van der Waals surface area contributed by atoms with Crippen molar-refractivity contribution in [1.29, 1.82) is 0 Å². The lowest BCUT2D eigenvalue weighted by Gasteiger charge is -2.22. The van der Waals surface area contributed by atoms with Gasteiger partial charge in [-0.05, 0) is 37.1 Å². The van der Waals surface area contributed by atoms with E-state index in [1.54, 1.807) is 0 Å². The van der Waals surface area contributed by atoms with Crippen molar-refractivity contribution < 1.29 is 17.3 Å². The fourth-order valence-corrected chi connectivity index (χ4v) is 4.47. The van der Waals surface area contributed by atoms with Crippen LogP contribution in [0.3, 0.4) is 0 Å². The van der Waals surface area contributed by atoms with Gasteiger partial charge in [-0.2, -0.15) is 4.31 Å². The quantitative estimate of drug-likeness (QED) is 0.856. The molecule has 1 unspecified atom stereocenters. The van der Waals surface area contributed by atoms with Crippen LogP contribution in [0.1, 0.15) is 50.1 Å². The molecule has 0 radical (unpaired) electrons. The van der Waals surface area contributed by atoms with Gasteiger partial charge in [0.2, 0.25) is 10.0 Å².